The van der Waals surface area contributed by atoms with E-state index >= 15 is 0 Å². The fraction of sp³-hybridized carbons (Fsp3) is 0.917. The number of nitrogens with zero attached hydrogens (tertiary/aromatic N) is 1. The van der Waals surface area contributed by atoms with E-state index < -0.39 is 0 Å². The molecule has 1 atom stereocenters. The van der Waals surface area contributed by atoms with E-state index in [2.05, 4.69) is 5.32 Å². The number of methoxy groups -OCH3 is 1. The lowest BCUT2D eigenvalue weighted by molar-refractivity contribution is -0.132. The standard InChI is InChI=1S/C12H26N2O2/c1-5-14(6-2)12(15)11(3)13-9-7-8-10-16-4/h11,13H,5-10H2,1-4H3. The molecule has 0 heterocycles. The Hall–Kier alpha value is -0.610. The summed E-state index contributed by atoms with van der Waals surface area (Å²) in [7, 11) is 1.71. The molecule has 0 fully saturated rings. The average molecular weight is 230 g/mol. The van der Waals surface area contributed by atoms with Crippen LogP contribution in [0.15, 0.2) is 0 Å². The Morgan fingerprint density at radius 3 is 2.44 bits per heavy atom. The molecule has 16 heavy (non-hydrogen) atoms. The van der Waals surface area contributed by atoms with Gasteiger partial charge in [0.2, 0.25) is 5.91 Å². The Morgan fingerprint density at radius 2 is 1.94 bits per heavy atom. The second-order valence-electron chi connectivity index (χ2n) is 3.89. The molecular weight excluding hydrogens is 204 g/mol. The topological polar surface area (TPSA) is 41.6 Å². The summed E-state index contributed by atoms with van der Waals surface area (Å²) in [5, 5.41) is 3.24. The van der Waals surface area contributed by atoms with Gasteiger partial charge in [-0.1, -0.05) is 0 Å². The number of carbonyl (C=O) groups is 1. The molecule has 0 aliphatic carbocycles. The van der Waals surface area contributed by atoms with Gasteiger partial charge in [0.05, 0.1) is 6.04 Å². The molecule has 4 heteroatoms. The highest BCUT2D eigenvalue weighted by atomic mass is 16.5. The van der Waals surface area contributed by atoms with Crippen molar-refractivity contribution in [2.75, 3.05) is 33.4 Å². The molecule has 96 valence electrons. The SMILES string of the molecule is CCN(CC)C(=O)C(C)NCCCCOC. The molecule has 0 spiro atoms. The molecule has 1 amide bonds. The number of amides is 1. The fourth-order valence-electron chi connectivity index (χ4n) is 1.59. The number of hydrogen-bond donors (Lipinski definition) is 1. The van der Waals surface area contributed by atoms with Crippen molar-refractivity contribution >= 4 is 5.91 Å². The third-order valence-corrected chi connectivity index (χ3v) is 2.67. The number of carbonyl (C=O) groups excluding carboxylic acids is 1. The first-order valence-electron chi connectivity index (χ1n) is 6.18. The third kappa shape index (κ3) is 6.08. The maximum absolute atomic E-state index is 11.9. The van der Waals surface area contributed by atoms with Crippen LogP contribution in [-0.2, 0) is 9.53 Å². The van der Waals surface area contributed by atoms with E-state index in [0.29, 0.717) is 0 Å². The highest BCUT2D eigenvalue weighted by Gasteiger charge is 2.16. The molecule has 0 aromatic rings. The highest BCUT2D eigenvalue weighted by molar-refractivity contribution is 5.81. The molecule has 1 unspecified atom stereocenters. The third-order valence-electron chi connectivity index (χ3n) is 2.67. The lowest BCUT2D eigenvalue weighted by Gasteiger charge is -2.23. The van der Waals surface area contributed by atoms with E-state index in [9.17, 15) is 4.79 Å². The second kappa shape index (κ2) is 9.60. The molecule has 0 aliphatic rings. The van der Waals surface area contributed by atoms with E-state index in [1.807, 2.05) is 25.7 Å². The van der Waals surface area contributed by atoms with Crippen LogP contribution in [0.2, 0.25) is 0 Å². The zero-order valence-corrected chi connectivity index (χ0v) is 11.1. The summed E-state index contributed by atoms with van der Waals surface area (Å²) < 4.78 is 4.97. The number of unbranched alkanes of at least 4 members (excludes halogenated alkanes) is 1. The van der Waals surface area contributed by atoms with E-state index in [0.717, 1.165) is 39.1 Å². The number of hydrogen-bond acceptors (Lipinski definition) is 3. The first-order chi connectivity index (χ1) is 7.67. The Morgan fingerprint density at radius 1 is 1.31 bits per heavy atom. The molecule has 0 radical (unpaired) electrons. The molecule has 1 N–H and O–H groups in total. The van der Waals surface area contributed by atoms with Crippen LogP contribution in [-0.4, -0.2) is 50.2 Å². The summed E-state index contributed by atoms with van der Waals surface area (Å²) >= 11 is 0. The molecular formula is C12H26N2O2. The summed E-state index contributed by atoms with van der Waals surface area (Å²) in [5.74, 6) is 0.191. The van der Waals surface area contributed by atoms with Crippen molar-refractivity contribution in [2.24, 2.45) is 0 Å². The summed E-state index contributed by atoms with van der Waals surface area (Å²) in [6.07, 6.45) is 2.08. The van der Waals surface area contributed by atoms with Crippen molar-refractivity contribution in [3.63, 3.8) is 0 Å². The monoisotopic (exact) mass is 230 g/mol. The van der Waals surface area contributed by atoms with Crippen molar-refractivity contribution in [3.05, 3.63) is 0 Å². The fourth-order valence-corrected chi connectivity index (χ4v) is 1.59. The van der Waals surface area contributed by atoms with E-state index in [1.165, 1.54) is 0 Å². The van der Waals surface area contributed by atoms with Crippen LogP contribution in [0.25, 0.3) is 0 Å². The predicted octanol–water partition coefficient (Wildman–Crippen LogP) is 1.26. The number of likely N-dealkylation sites (N-methyl/N-ethyl adjacent to an activating group) is 1. The van der Waals surface area contributed by atoms with Gasteiger partial charge in [-0.25, -0.2) is 0 Å². The van der Waals surface area contributed by atoms with Crippen LogP contribution in [0.1, 0.15) is 33.6 Å². The van der Waals surface area contributed by atoms with Gasteiger partial charge in [-0.2, -0.15) is 0 Å². The zero-order chi connectivity index (χ0) is 12.4. The highest BCUT2D eigenvalue weighted by Crippen LogP contribution is 1.95. The number of ether oxygens (including phenoxy) is 1. The second-order valence-corrected chi connectivity index (χ2v) is 3.89. The van der Waals surface area contributed by atoms with Gasteiger partial charge in [0.15, 0.2) is 0 Å². The van der Waals surface area contributed by atoms with E-state index in [-0.39, 0.29) is 11.9 Å². The zero-order valence-electron chi connectivity index (χ0n) is 11.1. The number of rotatable bonds is 9. The lowest BCUT2D eigenvalue weighted by Crippen LogP contribution is -2.45. The van der Waals surface area contributed by atoms with Gasteiger partial charge < -0.3 is 15.0 Å². The molecule has 0 aromatic carbocycles. The first kappa shape index (κ1) is 15.4. The lowest BCUT2D eigenvalue weighted by atomic mass is 10.2. The molecule has 0 rings (SSSR count). The van der Waals surface area contributed by atoms with Crippen LogP contribution < -0.4 is 5.32 Å². The largest absolute Gasteiger partial charge is 0.385 e. The summed E-state index contributed by atoms with van der Waals surface area (Å²) in [4.78, 5) is 13.7. The Kier molecular flexibility index (Phi) is 9.24. The Labute approximate surface area is 99.3 Å². The van der Waals surface area contributed by atoms with Crippen LogP contribution >= 0.6 is 0 Å². The van der Waals surface area contributed by atoms with Crippen LogP contribution in [0.5, 0.6) is 0 Å². The summed E-state index contributed by atoms with van der Waals surface area (Å²) in [6.45, 7) is 9.17. The number of nitrogens with one attached hydrogen (secondary N) is 1. The van der Waals surface area contributed by atoms with Gasteiger partial charge in [-0.05, 0) is 40.2 Å². The molecule has 0 saturated heterocycles. The van der Waals surface area contributed by atoms with Gasteiger partial charge in [-0.15, -0.1) is 0 Å². The minimum atomic E-state index is -0.0811. The van der Waals surface area contributed by atoms with Gasteiger partial charge >= 0.3 is 0 Å². The quantitative estimate of drug-likeness (QED) is 0.606. The van der Waals surface area contributed by atoms with Crippen molar-refractivity contribution < 1.29 is 9.53 Å². The summed E-state index contributed by atoms with van der Waals surface area (Å²) in [6, 6.07) is -0.0811. The maximum atomic E-state index is 11.9. The smallest absolute Gasteiger partial charge is 0.239 e. The normalized spacial score (nSPS) is 12.5. The van der Waals surface area contributed by atoms with Gasteiger partial charge in [-0.3, -0.25) is 4.79 Å². The Balaban J connectivity index is 3.70. The Bertz CT molecular complexity index is 182. The molecule has 0 saturated carbocycles. The average Bonchev–Trinajstić information content (AvgIpc) is 2.30. The van der Waals surface area contributed by atoms with Crippen LogP contribution in [0, 0.1) is 0 Å². The van der Waals surface area contributed by atoms with E-state index in [4.69, 9.17) is 4.74 Å². The van der Waals surface area contributed by atoms with Crippen molar-refractivity contribution in [3.8, 4) is 0 Å². The van der Waals surface area contributed by atoms with E-state index in [1.54, 1.807) is 7.11 Å². The molecule has 0 aliphatic heterocycles. The van der Waals surface area contributed by atoms with Crippen molar-refractivity contribution in [1.29, 1.82) is 0 Å². The minimum Gasteiger partial charge on any atom is -0.385 e. The van der Waals surface area contributed by atoms with Crippen LogP contribution in [0.3, 0.4) is 0 Å². The van der Waals surface area contributed by atoms with Gasteiger partial charge in [0.25, 0.3) is 0 Å². The maximum Gasteiger partial charge on any atom is 0.239 e. The molecule has 0 bridgehead atoms. The van der Waals surface area contributed by atoms with Gasteiger partial charge in [0, 0.05) is 26.8 Å². The van der Waals surface area contributed by atoms with Crippen molar-refractivity contribution in [1.82, 2.24) is 10.2 Å². The molecule has 0 aromatic heterocycles. The minimum absolute atomic E-state index is 0.0811. The van der Waals surface area contributed by atoms with Crippen molar-refractivity contribution in [2.45, 2.75) is 39.7 Å². The van der Waals surface area contributed by atoms with Gasteiger partial charge in [0.1, 0.15) is 0 Å². The first-order valence-corrected chi connectivity index (χ1v) is 6.18. The molecule has 4 nitrogen and oxygen atoms in total. The van der Waals surface area contributed by atoms with Crippen LogP contribution in [0.4, 0.5) is 0 Å². The predicted molar refractivity (Wildman–Crippen MR) is 66.5 cm³/mol. The summed E-state index contributed by atoms with van der Waals surface area (Å²) in [5.41, 5.74) is 0.